The maximum Gasteiger partial charge on any atom is 0.0113 e. The van der Waals surface area contributed by atoms with Gasteiger partial charge in [-0.1, -0.05) is 0 Å². The molecule has 0 N–H and O–H groups in total. The second kappa shape index (κ2) is 4.98. The van der Waals surface area contributed by atoms with Crippen LogP contribution < -0.4 is 0 Å². The van der Waals surface area contributed by atoms with Crippen LogP contribution in [0.4, 0.5) is 0 Å². The van der Waals surface area contributed by atoms with Gasteiger partial charge < -0.3 is 4.90 Å². The normalized spacial score (nSPS) is 45.5. The van der Waals surface area contributed by atoms with Gasteiger partial charge in [0.05, 0.1) is 0 Å². The summed E-state index contributed by atoms with van der Waals surface area (Å²) in [7, 11) is 0. The first-order valence-electron chi connectivity index (χ1n) is 9.08. The monoisotopic (exact) mass is 276 g/mol. The van der Waals surface area contributed by atoms with Gasteiger partial charge >= 0.3 is 0 Å². The summed E-state index contributed by atoms with van der Waals surface area (Å²) in [5.74, 6) is 3.33. The van der Waals surface area contributed by atoms with Gasteiger partial charge in [-0.25, -0.2) is 0 Å². The molecule has 1 aliphatic heterocycles. The summed E-state index contributed by atoms with van der Waals surface area (Å²) in [5.41, 5.74) is 0.745. The second-order valence-electron chi connectivity index (χ2n) is 8.82. The first kappa shape index (κ1) is 13.6. The van der Waals surface area contributed by atoms with E-state index in [1.165, 1.54) is 32.7 Å². The van der Waals surface area contributed by atoms with Crippen LogP contribution in [0.1, 0.15) is 52.4 Å². The smallest absolute Gasteiger partial charge is 0.0113 e. The third-order valence-corrected chi connectivity index (χ3v) is 6.86. The molecule has 0 aromatic heterocycles. The fourth-order valence-corrected chi connectivity index (χ4v) is 6.40. The molecule has 5 aliphatic rings. The molecule has 20 heavy (non-hydrogen) atoms. The fraction of sp³-hybridized carbons (Fsp3) is 1.00. The predicted octanol–water partition coefficient (Wildman–Crippen LogP) is 3.23. The molecule has 0 aromatic rings. The van der Waals surface area contributed by atoms with E-state index in [0.29, 0.717) is 0 Å². The topological polar surface area (TPSA) is 6.48 Å². The molecule has 1 saturated heterocycles. The molecule has 0 radical (unpaired) electrons. The second-order valence-corrected chi connectivity index (χ2v) is 8.82. The lowest BCUT2D eigenvalue weighted by Crippen LogP contribution is -2.55. The molecule has 2 heteroatoms. The van der Waals surface area contributed by atoms with Crippen molar-refractivity contribution in [3.05, 3.63) is 0 Å². The molecule has 4 saturated carbocycles. The Morgan fingerprint density at radius 2 is 1.35 bits per heavy atom. The lowest BCUT2D eigenvalue weighted by atomic mass is 9.49. The van der Waals surface area contributed by atoms with Crippen molar-refractivity contribution in [3.63, 3.8) is 0 Å². The largest absolute Gasteiger partial charge is 0.300 e. The molecular weight excluding hydrogens is 244 g/mol. The zero-order valence-corrected chi connectivity index (χ0v) is 13.5. The Morgan fingerprint density at radius 1 is 0.850 bits per heavy atom. The van der Waals surface area contributed by atoms with Gasteiger partial charge in [-0.3, -0.25) is 4.90 Å². The van der Waals surface area contributed by atoms with Gasteiger partial charge in [-0.2, -0.15) is 0 Å². The number of hydrogen-bond acceptors (Lipinski definition) is 2. The van der Waals surface area contributed by atoms with E-state index >= 15 is 0 Å². The van der Waals surface area contributed by atoms with E-state index < -0.39 is 0 Å². The van der Waals surface area contributed by atoms with Gasteiger partial charge in [0, 0.05) is 38.8 Å². The molecule has 2 nitrogen and oxygen atoms in total. The van der Waals surface area contributed by atoms with Crippen LogP contribution in [0.2, 0.25) is 0 Å². The summed E-state index contributed by atoms with van der Waals surface area (Å²) >= 11 is 0. The molecule has 4 aliphatic carbocycles. The highest BCUT2D eigenvalue weighted by molar-refractivity contribution is 5.02. The van der Waals surface area contributed by atoms with Crippen molar-refractivity contribution in [2.75, 3.05) is 32.7 Å². The van der Waals surface area contributed by atoms with E-state index in [1.807, 2.05) is 0 Å². The van der Waals surface area contributed by atoms with Crippen molar-refractivity contribution in [1.82, 2.24) is 9.80 Å². The molecular formula is C18H32N2. The third-order valence-electron chi connectivity index (χ3n) is 6.86. The number of rotatable bonds is 3. The standard InChI is InChI=1S/C18H32N2/c1-14(2)20-5-3-19(4-6-20)13-18-10-15-7-16(11-18)9-17(8-15)12-18/h14-17H,3-13H2,1-2H3. The minimum atomic E-state index is 0.733. The highest BCUT2D eigenvalue weighted by Crippen LogP contribution is 2.60. The van der Waals surface area contributed by atoms with Crippen LogP contribution in [0.5, 0.6) is 0 Å². The summed E-state index contributed by atoms with van der Waals surface area (Å²) < 4.78 is 0. The van der Waals surface area contributed by atoms with Crippen LogP contribution in [0.25, 0.3) is 0 Å². The molecule has 5 fully saturated rings. The summed E-state index contributed by atoms with van der Waals surface area (Å²) in [6.45, 7) is 11.3. The van der Waals surface area contributed by atoms with Gasteiger partial charge in [0.25, 0.3) is 0 Å². The van der Waals surface area contributed by atoms with Crippen LogP contribution in [-0.4, -0.2) is 48.6 Å². The Hall–Kier alpha value is -0.0800. The highest BCUT2D eigenvalue weighted by atomic mass is 15.3. The van der Waals surface area contributed by atoms with Crippen molar-refractivity contribution in [3.8, 4) is 0 Å². The molecule has 0 amide bonds. The van der Waals surface area contributed by atoms with Crippen molar-refractivity contribution in [2.45, 2.75) is 58.4 Å². The number of piperazine rings is 1. The molecule has 4 bridgehead atoms. The molecule has 114 valence electrons. The van der Waals surface area contributed by atoms with Gasteiger partial charge in [0.1, 0.15) is 0 Å². The summed E-state index contributed by atoms with van der Waals surface area (Å²) in [5, 5.41) is 0. The maximum atomic E-state index is 2.81. The van der Waals surface area contributed by atoms with Crippen LogP contribution in [0.3, 0.4) is 0 Å². The molecule has 1 heterocycles. The van der Waals surface area contributed by atoms with E-state index in [1.54, 1.807) is 38.5 Å². The van der Waals surface area contributed by atoms with Crippen molar-refractivity contribution in [1.29, 1.82) is 0 Å². The Morgan fingerprint density at radius 3 is 1.80 bits per heavy atom. The summed E-state index contributed by atoms with van der Waals surface area (Å²) in [4.78, 5) is 5.46. The van der Waals surface area contributed by atoms with Gasteiger partial charge in [0.15, 0.2) is 0 Å². The maximum absolute atomic E-state index is 2.81. The van der Waals surface area contributed by atoms with Crippen LogP contribution in [-0.2, 0) is 0 Å². The Bertz CT molecular complexity index is 319. The number of hydrogen-bond donors (Lipinski definition) is 0. The lowest BCUT2D eigenvalue weighted by molar-refractivity contribution is -0.0743. The summed E-state index contributed by atoms with van der Waals surface area (Å²) in [6.07, 6.45) is 9.47. The predicted molar refractivity (Wildman–Crippen MR) is 83.8 cm³/mol. The van der Waals surface area contributed by atoms with Gasteiger partial charge in [-0.05, 0) is 75.5 Å². The highest BCUT2D eigenvalue weighted by Gasteiger charge is 2.51. The first-order chi connectivity index (χ1) is 9.62. The third kappa shape index (κ3) is 2.43. The summed E-state index contributed by atoms with van der Waals surface area (Å²) in [6, 6.07) is 0.733. The Kier molecular flexibility index (Phi) is 3.38. The first-order valence-corrected chi connectivity index (χ1v) is 9.08. The van der Waals surface area contributed by atoms with Gasteiger partial charge in [-0.15, -0.1) is 0 Å². The lowest BCUT2D eigenvalue weighted by Gasteiger charge is -2.58. The molecule has 0 spiro atoms. The average molecular weight is 276 g/mol. The number of nitrogens with zero attached hydrogens (tertiary/aromatic N) is 2. The molecule has 0 atom stereocenters. The quantitative estimate of drug-likeness (QED) is 0.781. The van der Waals surface area contributed by atoms with Crippen molar-refractivity contribution in [2.24, 2.45) is 23.2 Å². The van der Waals surface area contributed by atoms with E-state index in [0.717, 1.165) is 29.2 Å². The zero-order valence-electron chi connectivity index (χ0n) is 13.5. The van der Waals surface area contributed by atoms with Gasteiger partial charge in [0.2, 0.25) is 0 Å². The zero-order chi connectivity index (χ0) is 13.7. The van der Waals surface area contributed by atoms with Crippen LogP contribution in [0, 0.1) is 23.2 Å². The SMILES string of the molecule is CC(C)N1CCN(CC23CC4CC(CC(C4)C2)C3)CC1. The van der Waals surface area contributed by atoms with E-state index in [9.17, 15) is 0 Å². The van der Waals surface area contributed by atoms with Crippen LogP contribution >= 0.6 is 0 Å². The molecule has 5 rings (SSSR count). The average Bonchev–Trinajstić information content (AvgIpc) is 2.37. The molecule has 0 unspecified atom stereocenters. The Labute approximate surface area is 124 Å². The van der Waals surface area contributed by atoms with E-state index in [-0.39, 0.29) is 0 Å². The van der Waals surface area contributed by atoms with Crippen molar-refractivity contribution >= 4 is 0 Å². The molecule has 0 aromatic carbocycles. The van der Waals surface area contributed by atoms with E-state index in [4.69, 9.17) is 0 Å². The fourth-order valence-electron chi connectivity index (χ4n) is 6.40. The van der Waals surface area contributed by atoms with Crippen LogP contribution in [0.15, 0.2) is 0 Å². The minimum absolute atomic E-state index is 0.733. The minimum Gasteiger partial charge on any atom is -0.300 e. The Balaban J connectivity index is 1.38. The van der Waals surface area contributed by atoms with Crippen molar-refractivity contribution < 1.29 is 0 Å². The van der Waals surface area contributed by atoms with E-state index in [2.05, 4.69) is 23.6 Å².